The lowest BCUT2D eigenvalue weighted by Gasteiger charge is -2.12. The van der Waals surface area contributed by atoms with E-state index in [1.807, 2.05) is 40.7 Å². The largest absolute Gasteiger partial charge is 0.466 e. The van der Waals surface area contributed by atoms with Gasteiger partial charge in [-0.2, -0.15) is 5.10 Å². The summed E-state index contributed by atoms with van der Waals surface area (Å²) in [6, 6.07) is 1.75. The molecule has 0 bridgehead atoms. The van der Waals surface area contributed by atoms with Gasteiger partial charge >= 0.3 is 0 Å². The quantitative estimate of drug-likeness (QED) is 0.806. The molecule has 2 aromatic heterocycles. The summed E-state index contributed by atoms with van der Waals surface area (Å²) in [6.07, 6.45) is 0. The van der Waals surface area contributed by atoms with Crippen LogP contribution in [0.15, 0.2) is 10.5 Å². The molecule has 6 nitrogen and oxygen atoms in total. The van der Waals surface area contributed by atoms with Gasteiger partial charge in [0.1, 0.15) is 11.5 Å². The molecule has 0 spiro atoms. The van der Waals surface area contributed by atoms with Gasteiger partial charge in [-0.3, -0.25) is 9.89 Å². The van der Waals surface area contributed by atoms with E-state index in [4.69, 9.17) is 10.2 Å². The minimum atomic E-state index is -0.290. The van der Waals surface area contributed by atoms with Crippen molar-refractivity contribution < 1.29 is 9.21 Å². The van der Waals surface area contributed by atoms with Crippen LogP contribution in [0.5, 0.6) is 0 Å². The van der Waals surface area contributed by atoms with Gasteiger partial charge in [-0.05, 0) is 32.8 Å². The van der Waals surface area contributed by atoms with Gasteiger partial charge < -0.3 is 15.5 Å². The number of H-pyrrole nitrogens is 1. The van der Waals surface area contributed by atoms with Crippen molar-refractivity contribution in [1.82, 2.24) is 15.5 Å². The zero-order valence-corrected chi connectivity index (χ0v) is 13.1. The number of aryl methyl sites for hydroxylation is 2. The predicted molar refractivity (Wildman–Crippen MR) is 81.2 cm³/mol. The fraction of sp³-hybridized carbons (Fsp3) is 0.467. The number of hydrogen-bond donors (Lipinski definition) is 3. The maximum absolute atomic E-state index is 12.3. The second kappa shape index (κ2) is 5.63. The van der Waals surface area contributed by atoms with E-state index in [2.05, 4.69) is 15.5 Å². The second-order valence-corrected chi connectivity index (χ2v) is 5.62. The number of furan rings is 1. The Balaban J connectivity index is 2.16. The van der Waals surface area contributed by atoms with Gasteiger partial charge in [0.25, 0.3) is 5.91 Å². The number of nitrogen functional groups attached to an aromatic ring is 1. The molecular formula is C15H22N4O2. The van der Waals surface area contributed by atoms with Crippen molar-refractivity contribution in [2.75, 3.05) is 5.73 Å². The number of rotatable bonds is 4. The van der Waals surface area contributed by atoms with Gasteiger partial charge in [-0.15, -0.1) is 0 Å². The first kappa shape index (κ1) is 15.2. The van der Waals surface area contributed by atoms with Gasteiger partial charge in [-0.25, -0.2) is 0 Å². The highest BCUT2D eigenvalue weighted by molar-refractivity contribution is 5.97. The Bertz CT molecular complexity index is 655. The SMILES string of the molecule is Cc1cc(C(C)NC(=O)c2n[nH]c(C(C)C)c2N)c(C)o1. The lowest BCUT2D eigenvalue weighted by Crippen LogP contribution is -2.27. The Hall–Kier alpha value is -2.24. The van der Waals surface area contributed by atoms with Crippen molar-refractivity contribution >= 4 is 11.6 Å². The van der Waals surface area contributed by atoms with Crippen LogP contribution < -0.4 is 11.1 Å². The van der Waals surface area contributed by atoms with Crippen LogP contribution >= 0.6 is 0 Å². The van der Waals surface area contributed by atoms with Gasteiger partial charge in [-0.1, -0.05) is 13.8 Å². The predicted octanol–water partition coefficient (Wildman–Crippen LogP) is 2.82. The highest BCUT2D eigenvalue weighted by atomic mass is 16.3. The summed E-state index contributed by atoms with van der Waals surface area (Å²) in [5.41, 5.74) is 8.37. The van der Waals surface area contributed by atoms with Crippen LogP contribution in [-0.2, 0) is 0 Å². The Morgan fingerprint density at radius 2 is 2.05 bits per heavy atom. The average molecular weight is 290 g/mol. The fourth-order valence-electron chi connectivity index (χ4n) is 2.40. The summed E-state index contributed by atoms with van der Waals surface area (Å²) in [7, 11) is 0. The number of hydrogen-bond acceptors (Lipinski definition) is 4. The summed E-state index contributed by atoms with van der Waals surface area (Å²) in [5.74, 6) is 1.53. The van der Waals surface area contributed by atoms with E-state index in [1.165, 1.54) is 0 Å². The van der Waals surface area contributed by atoms with Crippen molar-refractivity contribution in [2.45, 2.75) is 46.6 Å². The van der Waals surface area contributed by atoms with Crippen LogP contribution in [0.3, 0.4) is 0 Å². The van der Waals surface area contributed by atoms with E-state index in [-0.39, 0.29) is 23.6 Å². The molecule has 0 aliphatic heterocycles. The van der Waals surface area contributed by atoms with E-state index >= 15 is 0 Å². The Labute approximate surface area is 124 Å². The molecular weight excluding hydrogens is 268 g/mol. The van der Waals surface area contributed by atoms with E-state index in [0.29, 0.717) is 5.69 Å². The van der Waals surface area contributed by atoms with E-state index < -0.39 is 0 Å². The third-order valence-electron chi connectivity index (χ3n) is 3.52. The molecule has 2 heterocycles. The molecule has 6 heteroatoms. The Morgan fingerprint density at radius 1 is 1.38 bits per heavy atom. The first-order valence-electron chi connectivity index (χ1n) is 7.02. The number of amides is 1. The molecule has 4 N–H and O–H groups in total. The zero-order chi connectivity index (χ0) is 15.7. The van der Waals surface area contributed by atoms with Crippen molar-refractivity contribution in [2.24, 2.45) is 0 Å². The maximum Gasteiger partial charge on any atom is 0.274 e. The molecule has 0 aromatic carbocycles. The molecule has 1 amide bonds. The van der Waals surface area contributed by atoms with Crippen LogP contribution in [0.2, 0.25) is 0 Å². The van der Waals surface area contributed by atoms with Crippen LogP contribution in [0, 0.1) is 13.8 Å². The molecule has 0 saturated heterocycles. The van der Waals surface area contributed by atoms with E-state index in [1.54, 1.807) is 0 Å². The molecule has 1 atom stereocenters. The highest BCUT2D eigenvalue weighted by Crippen LogP contribution is 2.24. The minimum Gasteiger partial charge on any atom is -0.466 e. The van der Waals surface area contributed by atoms with Crippen molar-refractivity contribution in [3.05, 3.63) is 34.5 Å². The van der Waals surface area contributed by atoms with Gasteiger partial charge in [0.05, 0.1) is 17.4 Å². The van der Waals surface area contributed by atoms with Crippen molar-refractivity contribution in [3.8, 4) is 0 Å². The van der Waals surface area contributed by atoms with Gasteiger partial charge in [0.15, 0.2) is 5.69 Å². The number of nitrogens with one attached hydrogen (secondary N) is 2. The third kappa shape index (κ3) is 2.94. The smallest absolute Gasteiger partial charge is 0.274 e. The molecule has 0 fully saturated rings. The van der Waals surface area contributed by atoms with Crippen LogP contribution in [0.4, 0.5) is 5.69 Å². The zero-order valence-electron chi connectivity index (χ0n) is 13.1. The monoisotopic (exact) mass is 290 g/mol. The standard InChI is InChI=1S/C15H22N4O2/c1-7(2)13-12(16)14(19-18-13)15(20)17-9(4)11-6-8(3)21-10(11)5/h6-7,9H,16H2,1-5H3,(H,17,20)(H,18,19). The van der Waals surface area contributed by atoms with Crippen LogP contribution in [0.25, 0.3) is 0 Å². The van der Waals surface area contributed by atoms with E-state index in [0.717, 1.165) is 22.8 Å². The molecule has 2 aromatic rings. The molecule has 2 rings (SSSR count). The number of carbonyl (C=O) groups is 1. The number of carbonyl (C=O) groups excluding carboxylic acids is 1. The summed E-state index contributed by atoms with van der Waals surface area (Å²) >= 11 is 0. The second-order valence-electron chi connectivity index (χ2n) is 5.62. The van der Waals surface area contributed by atoms with Crippen molar-refractivity contribution in [3.63, 3.8) is 0 Å². The topological polar surface area (TPSA) is 96.9 Å². The first-order chi connectivity index (χ1) is 9.81. The molecule has 0 aliphatic carbocycles. The summed E-state index contributed by atoms with van der Waals surface area (Å²) < 4.78 is 5.48. The maximum atomic E-state index is 12.3. The van der Waals surface area contributed by atoms with Crippen LogP contribution in [-0.4, -0.2) is 16.1 Å². The Kier molecular flexibility index (Phi) is 4.06. The fourth-order valence-corrected chi connectivity index (χ4v) is 2.40. The number of anilines is 1. The lowest BCUT2D eigenvalue weighted by atomic mass is 10.1. The first-order valence-corrected chi connectivity index (χ1v) is 7.02. The summed E-state index contributed by atoms with van der Waals surface area (Å²) in [6.45, 7) is 9.65. The minimum absolute atomic E-state index is 0.173. The van der Waals surface area contributed by atoms with Gasteiger partial charge in [0.2, 0.25) is 0 Å². The normalized spacial score (nSPS) is 12.7. The third-order valence-corrected chi connectivity index (χ3v) is 3.52. The average Bonchev–Trinajstić information content (AvgIpc) is 2.92. The lowest BCUT2D eigenvalue weighted by molar-refractivity contribution is 0.0935. The van der Waals surface area contributed by atoms with Crippen LogP contribution in [0.1, 0.15) is 66.0 Å². The number of nitrogens with two attached hydrogens (primary N) is 1. The number of aromatic amines is 1. The Morgan fingerprint density at radius 3 is 2.52 bits per heavy atom. The molecule has 0 saturated carbocycles. The van der Waals surface area contributed by atoms with E-state index in [9.17, 15) is 4.79 Å². The summed E-state index contributed by atoms with van der Waals surface area (Å²) in [4.78, 5) is 12.3. The van der Waals surface area contributed by atoms with Crippen molar-refractivity contribution in [1.29, 1.82) is 0 Å². The molecule has 1 unspecified atom stereocenters. The number of aromatic nitrogens is 2. The molecule has 0 radical (unpaired) electrons. The molecule has 21 heavy (non-hydrogen) atoms. The molecule has 0 aliphatic rings. The number of nitrogens with zero attached hydrogens (tertiary/aromatic N) is 1. The van der Waals surface area contributed by atoms with Gasteiger partial charge in [0, 0.05) is 5.56 Å². The summed E-state index contributed by atoms with van der Waals surface area (Å²) in [5, 5.41) is 9.75. The highest BCUT2D eigenvalue weighted by Gasteiger charge is 2.22. The molecule has 114 valence electrons.